The zero-order chi connectivity index (χ0) is 15.6. The lowest BCUT2D eigenvalue weighted by molar-refractivity contribution is 0.276. The van der Waals surface area contributed by atoms with Crippen molar-refractivity contribution in [2.24, 2.45) is 5.41 Å². The number of nitrogens with zero attached hydrogens (tertiary/aromatic N) is 2. The molecule has 0 amide bonds. The van der Waals surface area contributed by atoms with Gasteiger partial charge in [0.25, 0.3) is 0 Å². The molecule has 2 aromatic rings. The van der Waals surface area contributed by atoms with Crippen LogP contribution in [-0.4, -0.2) is 9.55 Å². The molecule has 0 bridgehead atoms. The summed E-state index contributed by atoms with van der Waals surface area (Å²) in [6.45, 7) is 7.59. The highest BCUT2D eigenvalue weighted by Gasteiger charge is 2.21. The van der Waals surface area contributed by atoms with E-state index in [2.05, 4.69) is 25.8 Å². The first kappa shape index (κ1) is 16.4. The molecule has 116 valence electrons. The van der Waals surface area contributed by atoms with Gasteiger partial charge in [-0.15, -0.1) is 0 Å². The Morgan fingerprint density at radius 1 is 1.19 bits per heavy atom. The molecule has 2 rings (SSSR count). The van der Waals surface area contributed by atoms with Crippen LogP contribution in [0.4, 0.5) is 5.95 Å². The van der Waals surface area contributed by atoms with Crippen molar-refractivity contribution in [1.29, 1.82) is 0 Å². The lowest BCUT2D eigenvalue weighted by atomic mass is 9.86. The maximum absolute atomic E-state index is 6.13. The average molecular weight is 328 g/mol. The highest BCUT2D eigenvalue weighted by Crippen LogP contribution is 2.32. The molecule has 1 aromatic carbocycles. The number of nitrogens with two attached hydrogens (primary N) is 1. The number of fused-ring (bicyclic) bond motifs is 1. The molecule has 0 spiro atoms. The molecular weight excluding hydrogens is 305 g/mol. The summed E-state index contributed by atoms with van der Waals surface area (Å²) < 4.78 is 2.05. The zero-order valence-corrected chi connectivity index (χ0v) is 14.4. The molecule has 0 aliphatic rings. The molecule has 0 radical (unpaired) electrons. The Labute approximate surface area is 136 Å². The average Bonchev–Trinajstić information content (AvgIpc) is 2.66. The predicted molar refractivity (Wildman–Crippen MR) is 92.1 cm³/mol. The molecule has 0 aliphatic heterocycles. The molecule has 1 aromatic heterocycles. The third-order valence-electron chi connectivity index (χ3n) is 3.86. The summed E-state index contributed by atoms with van der Waals surface area (Å²) in [7, 11) is 0. The third-order valence-corrected chi connectivity index (χ3v) is 4.59. The fourth-order valence-electron chi connectivity index (χ4n) is 2.67. The number of hydrogen-bond acceptors (Lipinski definition) is 2. The van der Waals surface area contributed by atoms with Gasteiger partial charge in [-0.25, -0.2) is 4.98 Å². The SMILES string of the molecule is CCCCCC(C)(C)Cn1c(N)nc2cc(Cl)c(Cl)cc21. The minimum absolute atomic E-state index is 0.170. The minimum Gasteiger partial charge on any atom is -0.369 e. The van der Waals surface area contributed by atoms with E-state index < -0.39 is 0 Å². The van der Waals surface area contributed by atoms with Crippen LogP contribution in [0.25, 0.3) is 11.0 Å². The second-order valence-corrected chi connectivity index (χ2v) is 7.25. The van der Waals surface area contributed by atoms with Gasteiger partial charge < -0.3 is 10.3 Å². The molecule has 0 atom stereocenters. The van der Waals surface area contributed by atoms with Gasteiger partial charge in [0.05, 0.1) is 21.1 Å². The first-order valence-electron chi connectivity index (χ1n) is 7.45. The van der Waals surface area contributed by atoms with Crippen LogP contribution in [0.1, 0.15) is 46.5 Å². The molecule has 0 saturated heterocycles. The van der Waals surface area contributed by atoms with Crippen LogP contribution in [0.2, 0.25) is 10.0 Å². The van der Waals surface area contributed by atoms with Gasteiger partial charge in [0.1, 0.15) is 0 Å². The smallest absolute Gasteiger partial charge is 0.201 e. The van der Waals surface area contributed by atoms with Gasteiger partial charge in [-0.05, 0) is 24.0 Å². The van der Waals surface area contributed by atoms with Crippen molar-refractivity contribution >= 4 is 40.2 Å². The quantitative estimate of drug-likeness (QED) is 0.708. The van der Waals surface area contributed by atoms with E-state index in [-0.39, 0.29) is 5.41 Å². The van der Waals surface area contributed by atoms with Gasteiger partial charge in [-0.2, -0.15) is 0 Å². The summed E-state index contributed by atoms with van der Waals surface area (Å²) in [5.74, 6) is 0.520. The van der Waals surface area contributed by atoms with Crippen molar-refractivity contribution in [3.8, 4) is 0 Å². The summed E-state index contributed by atoms with van der Waals surface area (Å²) >= 11 is 12.2. The lowest BCUT2D eigenvalue weighted by Gasteiger charge is -2.26. The molecule has 0 saturated carbocycles. The topological polar surface area (TPSA) is 43.8 Å². The Morgan fingerprint density at radius 3 is 2.52 bits per heavy atom. The van der Waals surface area contributed by atoms with E-state index in [1.807, 2.05) is 10.6 Å². The van der Waals surface area contributed by atoms with Crippen molar-refractivity contribution in [3.63, 3.8) is 0 Å². The van der Waals surface area contributed by atoms with Gasteiger partial charge >= 0.3 is 0 Å². The molecule has 5 heteroatoms. The number of benzene rings is 1. The molecule has 0 aliphatic carbocycles. The number of aromatic nitrogens is 2. The number of imidazole rings is 1. The van der Waals surface area contributed by atoms with E-state index in [0.717, 1.165) is 17.6 Å². The largest absolute Gasteiger partial charge is 0.369 e. The fourth-order valence-corrected chi connectivity index (χ4v) is 2.98. The molecule has 21 heavy (non-hydrogen) atoms. The van der Waals surface area contributed by atoms with Gasteiger partial charge in [0, 0.05) is 6.54 Å². The summed E-state index contributed by atoms with van der Waals surface area (Å²) in [5.41, 5.74) is 8.00. The first-order chi connectivity index (χ1) is 9.84. The van der Waals surface area contributed by atoms with E-state index in [9.17, 15) is 0 Å². The Morgan fingerprint density at radius 2 is 1.86 bits per heavy atom. The number of unbranched alkanes of at least 4 members (excludes halogenated alkanes) is 2. The predicted octanol–water partition coefficient (Wildman–Crippen LogP) is 5.53. The fraction of sp³-hybridized carbons (Fsp3) is 0.562. The van der Waals surface area contributed by atoms with Gasteiger partial charge in [-0.3, -0.25) is 0 Å². The standard InChI is InChI=1S/C16H23Cl2N3/c1-4-5-6-7-16(2,3)10-21-14-9-12(18)11(17)8-13(14)20-15(21)19/h8-9H,4-7,10H2,1-3H3,(H2,19,20). The minimum atomic E-state index is 0.170. The number of halogens is 2. The highest BCUT2D eigenvalue weighted by atomic mass is 35.5. The lowest BCUT2D eigenvalue weighted by Crippen LogP contribution is -2.20. The van der Waals surface area contributed by atoms with Gasteiger partial charge in [-0.1, -0.05) is 63.2 Å². The second kappa shape index (κ2) is 6.45. The van der Waals surface area contributed by atoms with Crippen LogP contribution in [0.3, 0.4) is 0 Å². The normalized spacial score (nSPS) is 12.2. The maximum Gasteiger partial charge on any atom is 0.201 e. The number of rotatable bonds is 6. The Kier molecular flexibility index (Phi) is 5.05. The number of nitrogen functional groups attached to an aromatic ring is 1. The second-order valence-electron chi connectivity index (χ2n) is 6.43. The summed E-state index contributed by atoms with van der Waals surface area (Å²) in [5, 5.41) is 1.05. The molecule has 2 N–H and O–H groups in total. The van der Waals surface area contributed by atoms with E-state index in [4.69, 9.17) is 28.9 Å². The third kappa shape index (κ3) is 3.83. The number of hydrogen-bond donors (Lipinski definition) is 1. The molecular formula is C16H23Cl2N3. The van der Waals surface area contributed by atoms with Crippen LogP contribution in [-0.2, 0) is 6.54 Å². The van der Waals surface area contributed by atoms with E-state index in [1.165, 1.54) is 25.7 Å². The van der Waals surface area contributed by atoms with Crippen molar-refractivity contribution in [2.75, 3.05) is 5.73 Å². The van der Waals surface area contributed by atoms with Gasteiger partial charge in [0.15, 0.2) is 0 Å². The van der Waals surface area contributed by atoms with Crippen LogP contribution in [0, 0.1) is 5.41 Å². The van der Waals surface area contributed by atoms with Crippen LogP contribution in [0.15, 0.2) is 12.1 Å². The van der Waals surface area contributed by atoms with Crippen molar-refractivity contribution in [1.82, 2.24) is 9.55 Å². The van der Waals surface area contributed by atoms with Crippen molar-refractivity contribution < 1.29 is 0 Å². The van der Waals surface area contributed by atoms with Crippen molar-refractivity contribution in [2.45, 2.75) is 53.0 Å². The first-order valence-corrected chi connectivity index (χ1v) is 8.20. The van der Waals surface area contributed by atoms with Crippen LogP contribution in [0.5, 0.6) is 0 Å². The van der Waals surface area contributed by atoms with E-state index in [0.29, 0.717) is 16.0 Å². The molecule has 0 unspecified atom stereocenters. The maximum atomic E-state index is 6.13. The summed E-state index contributed by atoms with van der Waals surface area (Å²) in [6.07, 6.45) is 4.91. The van der Waals surface area contributed by atoms with E-state index >= 15 is 0 Å². The molecule has 3 nitrogen and oxygen atoms in total. The highest BCUT2D eigenvalue weighted by molar-refractivity contribution is 6.42. The zero-order valence-electron chi connectivity index (χ0n) is 12.9. The summed E-state index contributed by atoms with van der Waals surface area (Å²) in [4.78, 5) is 4.39. The summed E-state index contributed by atoms with van der Waals surface area (Å²) in [6, 6.07) is 3.63. The van der Waals surface area contributed by atoms with Gasteiger partial charge in [0.2, 0.25) is 5.95 Å². The Hall–Kier alpha value is -0.930. The van der Waals surface area contributed by atoms with Crippen molar-refractivity contribution in [3.05, 3.63) is 22.2 Å². The Bertz CT molecular complexity index is 632. The molecule has 1 heterocycles. The van der Waals surface area contributed by atoms with Crippen LogP contribution >= 0.6 is 23.2 Å². The molecule has 0 fully saturated rings. The monoisotopic (exact) mass is 327 g/mol. The number of anilines is 1. The van der Waals surface area contributed by atoms with E-state index in [1.54, 1.807) is 6.07 Å². The Balaban J connectivity index is 2.29. The van der Waals surface area contributed by atoms with Crippen LogP contribution < -0.4 is 5.73 Å².